The van der Waals surface area contributed by atoms with Crippen LogP contribution < -0.4 is 4.74 Å². The minimum absolute atomic E-state index is 0.419. The molecule has 0 bridgehead atoms. The molecule has 1 unspecified atom stereocenters. The summed E-state index contributed by atoms with van der Waals surface area (Å²) >= 11 is 9.74. The van der Waals surface area contributed by atoms with Crippen LogP contribution in [0.4, 0.5) is 0 Å². The Morgan fingerprint density at radius 3 is 2.47 bits per heavy atom. The van der Waals surface area contributed by atoms with Crippen LogP contribution in [0.1, 0.15) is 50.7 Å². The molecule has 1 nitrogen and oxygen atoms in total. The maximum Gasteiger partial charge on any atom is 0.122 e. The van der Waals surface area contributed by atoms with Gasteiger partial charge < -0.3 is 4.74 Å². The van der Waals surface area contributed by atoms with Gasteiger partial charge in [0.25, 0.3) is 0 Å². The average Bonchev–Trinajstić information content (AvgIpc) is 2.31. The molecule has 0 radical (unpaired) electrons. The summed E-state index contributed by atoms with van der Waals surface area (Å²) in [7, 11) is 0. The second-order valence-electron chi connectivity index (χ2n) is 5.51. The van der Waals surface area contributed by atoms with Crippen LogP contribution in [-0.4, -0.2) is 11.9 Å². The highest BCUT2D eigenvalue weighted by Crippen LogP contribution is 2.31. The van der Waals surface area contributed by atoms with E-state index in [1.807, 2.05) is 13.0 Å². The Bertz CT molecular complexity index is 404. The van der Waals surface area contributed by atoms with Crippen molar-refractivity contribution < 1.29 is 4.74 Å². The van der Waals surface area contributed by atoms with Crippen molar-refractivity contribution in [1.82, 2.24) is 0 Å². The topological polar surface area (TPSA) is 9.23 Å². The van der Waals surface area contributed by atoms with Gasteiger partial charge in [-0.15, -0.1) is 0 Å². The van der Waals surface area contributed by atoms with E-state index < -0.39 is 0 Å². The molecule has 0 spiro atoms. The first kappa shape index (κ1) is 16.8. The van der Waals surface area contributed by atoms with Crippen LogP contribution >= 0.6 is 27.5 Å². The third kappa shape index (κ3) is 5.35. The number of hydrogen-bond acceptors (Lipinski definition) is 1. The zero-order valence-corrected chi connectivity index (χ0v) is 14.6. The van der Waals surface area contributed by atoms with Crippen molar-refractivity contribution in [2.45, 2.75) is 46.5 Å². The highest BCUT2D eigenvalue weighted by molar-refractivity contribution is 9.09. The molecule has 0 aliphatic carbocycles. The predicted molar refractivity (Wildman–Crippen MR) is 88.0 cm³/mol. The SMILES string of the molecule is Cc1cc(Cl)c(C(C)C)cc1OCCC(C)CCBr. The van der Waals surface area contributed by atoms with Crippen molar-refractivity contribution in [3.05, 3.63) is 28.3 Å². The summed E-state index contributed by atoms with van der Waals surface area (Å²) in [4.78, 5) is 0. The van der Waals surface area contributed by atoms with Gasteiger partial charge in [0.15, 0.2) is 0 Å². The Kier molecular flexibility index (Phi) is 7.23. The van der Waals surface area contributed by atoms with Gasteiger partial charge in [-0.25, -0.2) is 0 Å². The van der Waals surface area contributed by atoms with Gasteiger partial charge >= 0.3 is 0 Å². The van der Waals surface area contributed by atoms with E-state index in [1.165, 1.54) is 6.42 Å². The summed E-state index contributed by atoms with van der Waals surface area (Å²) in [5.41, 5.74) is 2.28. The molecule has 1 aromatic rings. The normalized spacial score (nSPS) is 12.8. The van der Waals surface area contributed by atoms with E-state index in [0.717, 1.165) is 40.3 Å². The van der Waals surface area contributed by atoms with Gasteiger partial charge in [-0.1, -0.05) is 48.3 Å². The lowest BCUT2D eigenvalue weighted by Gasteiger charge is -2.16. The van der Waals surface area contributed by atoms with E-state index >= 15 is 0 Å². The van der Waals surface area contributed by atoms with Crippen molar-refractivity contribution >= 4 is 27.5 Å². The Labute approximate surface area is 130 Å². The molecule has 0 heterocycles. The van der Waals surface area contributed by atoms with Crippen LogP contribution in [0.3, 0.4) is 0 Å². The van der Waals surface area contributed by atoms with Gasteiger partial charge in [-0.05, 0) is 54.9 Å². The Morgan fingerprint density at radius 2 is 1.89 bits per heavy atom. The highest BCUT2D eigenvalue weighted by Gasteiger charge is 2.10. The van der Waals surface area contributed by atoms with E-state index in [0.29, 0.717) is 11.8 Å². The van der Waals surface area contributed by atoms with Crippen LogP contribution in [-0.2, 0) is 0 Å². The number of alkyl halides is 1. The van der Waals surface area contributed by atoms with Crippen molar-refractivity contribution in [3.63, 3.8) is 0 Å². The van der Waals surface area contributed by atoms with E-state index in [2.05, 4.69) is 42.8 Å². The summed E-state index contributed by atoms with van der Waals surface area (Å²) < 4.78 is 5.93. The smallest absolute Gasteiger partial charge is 0.122 e. The van der Waals surface area contributed by atoms with Gasteiger partial charge in [0.05, 0.1) is 6.61 Å². The number of aryl methyl sites for hydroxylation is 1. The lowest BCUT2D eigenvalue weighted by molar-refractivity contribution is 0.280. The first-order valence-corrected chi connectivity index (χ1v) is 8.44. The molecule has 0 saturated carbocycles. The predicted octanol–water partition coefficient (Wildman–Crippen LogP) is 5.96. The Morgan fingerprint density at radius 1 is 1.21 bits per heavy atom. The summed E-state index contributed by atoms with van der Waals surface area (Å²) in [6.45, 7) is 9.39. The molecule has 1 rings (SSSR count). The Hall–Kier alpha value is -0.210. The summed E-state index contributed by atoms with van der Waals surface area (Å²) in [6.07, 6.45) is 2.28. The monoisotopic (exact) mass is 346 g/mol. The molecule has 0 aromatic heterocycles. The third-order valence-corrected chi connectivity index (χ3v) is 4.17. The molecule has 0 amide bonds. The molecule has 0 N–H and O–H groups in total. The molecule has 1 atom stereocenters. The van der Waals surface area contributed by atoms with Crippen LogP contribution in [0.5, 0.6) is 5.75 Å². The van der Waals surface area contributed by atoms with Crippen molar-refractivity contribution in [3.8, 4) is 5.75 Å². The third-order valence-electron chi connectivity index (χ3n) is 3.39. The van der Waals surface area contributed by atoms with Crippen molar-refractivity contribution in [2.75, 3.05) is 11.9 Å². The fraction of sp³-hybridized carbons (Fsp3) is 0.625. The van der Waals surface area contributed by atoms with Gasteiger partial charge in [0.2, 0.25) is 0 Å². The summed E-state index contributed by atoms with van der Waals surface area (Å²) in [6, 6.07) is 4.10. The van der Waals surface area contributed by atoms with Crippen molar-refractivity contribution in [2.24, 2.45) is 5.92 Å². The lowest BCUT2D eigenvalue weighted by Crippen LogP contribution is -2.06. The molecule has 0 aliphatic rings. The van der Waals surface area contributed by atoms with E-state index in [4.69, 9.17) is 16.3 Å². The molecule has 108 valence electrons. The van der Waals surface area contributed by atoms with Gasteiger partial charge in [0, 0.05) is 10.4 Å². The molecule has 0 saturated heterocycles. The van der Waals surface area contributed by atoms with E-state index in [9.17, 15) is 0 Å². The molecule has 0 fully saturated rings. The van der Waals surface area contributed by atoms with E-state index in [-0.39, 0.29) is 0 Å². The fourth-order valence-electron chi connectivity index (χ4n) is 1.97. The fourth-order valence-corrected chi connectivity index (χ4v) is 3.19. The summed E-state index contributed by atoms with van der Waals surface area (Å²) in [5.74, 6) is 2.08. The molecular weight excluding hydrogens is 324 g/mol. The lowest BCUT2D eigenvalue weighted by atomic mass is 10.0. The number of benzene rings is 1. The maximum atomic E-state index is 6.26. The number of hydrogen-bond donors (Lipinski definition) is 0. The zero-order valence-electron chi connectivity index (χ0n) is 12.3. The van der Waals surface area contributed by atoms with E-state index in [1.54, 1.807) is 0 Å². The number of halogens is 2. The average molecular weight is 348 g/mol. The summed E-state index contributed by atoms with van der Waals surface area (Å²) in [5, 5.41) is 1.90. The Balaban J connectivity index is 2.65. The van der Waals surface area contributed by atoms with Crippen LogP contribution in [0.15, 0.2) is 12.1 Å². The number of ether oxygens (including phenoxy) is 1. The van der Waals surface area contributed by atoms with Gasteiger partial charge in [-0.2, -0.15) is 0 Å². The molecule has 3 heteroatoms. The minimum atomic E-state index is 0.419. The van der Waals surface area contributed by atoms with Gasteiger partial charge in [-0.3, -0.25) is 0 Å². The van der Waals surface area contributed by atoms with Crippen molar-refractivity contribution in [1.29, 1.82) is 0 Å². The van der Waals surface area contributed by atoms with Crippen LogP contribution in [0.25, 0.3) is 0 Å². The largest absolute Gasteiger partial charge is 0.493 e. The molecule has 19 heavy (non-hydrogen) atoms. The molecular formula is C16H24BrClO. The quantitative estimate of drug-likeness (QED) is 0.553. The molecule has 1 aromatic carbocycles. The van der Waals surface area contributed by atoms with Crippen LogP contribution in [0.2, 0.25) is 5.02 Å². The minimum Gasteiger partial charge on any atom is -0.493 e. The van der Waals surface area contributed by atoms with Crippen LogP contribution in [0, 0.1) is 12.8 Å². The first-order valence-electron chi connectivity index (χ1n) is 6.94. The zero-order chi connectivity index (χ0) is 14.4. The highest BCUT2D eigenvalue weighted by atomic mass is 79.9. The second-order valence-corrected chi connectivity index (χ2v) is 6.71. The second kappa shape index (κ2) is 8.16. The molecule has 0 aliphatic heterocycles. The maximum absolute atomic E-state index is 6.26. The van der Waals surface area contributed by atoms with Gasteiger partial charge in [0.1, 0.15) is 5.75 Å². The standard InChI is InChI=1S/C16H24BrClO/c1-11(2)14-10-16(13(4)9-15(14)18)19-8-6-12(3)5-7-17/h9-12H,5-8H2,1-4H3. The first-order chi connectivity index (χ1) is 8.95. The number of rotatable bonds is 7.